The fraction of sp³-hybridized carbons (Fsp3) is 0.912. The van der Waals surface area contributed by atoms with Crippen LogP contribution < -0.4 is 5.32 Å². The second-order valence-corrected chi connectivity index (χ2v) is 15.5. The van der Waals surface area contributed by atoms with Gasteiger partial charge in [-0.3, -0.25) is 13.9 Å². The molecule has 9 nitrogen and oxygen atoms in total. The van der Waals surface area contributed by atoms with Crippen LogP contribution in [0.1, 0.15) is 124 Å². The Balaban J connectivity index is 1.81. The van der Waals surface area contributed by atoms with Crippen LogP contribution in [0, 0.1) is 5.92 Å². The fourth-order valence-electron chi connectivity index (χ4n) is 6.61. The minimum absolute atomic E-state index is 0.205. The molecule has 0 radical (unpaired) electrons. The monoisotopic (exact) mass is 678 g/mol. The van der Waals surface area contributed by atoms with Gasteiger partial charge in [0.15, 0.2) is 11.5 Å². The highest BCUT2D eigenvalue weighted by molar-refractivity contribution is 7.84. The standard InChI is InChI=1S/C34H63ClN2O7S/c1-7-9-10-11-12-13-14-15-16-17-18-19-21-24(3)43-44-32-30(39)29(38)31(42-34(32)45(6)41)28(25(4)35)36-33(40)27-22-26(20-8-2)23-37(27)5/h25-32,34,38-39H,3,7-23H2,1-2,4-6H3,(H,36,40)/t25-,26+,27-,28+,29+,30-,31+,32+,34+,45-/m0/s1. The van der Waals surface area contributed by atoms with Crippen molar-refractivity contribution in [2.75, 3.05) is 19.8 Å². The highest BCUT2D eigenvalue weighted by Crippen LogP contribution is 2.31. The van der Waals surface area contributed by atoms with Gasteiger partial charge in [-0.15, -0.1) is 11.6 Å². The van der Waals surface area contributed by atoms with Gasteiger partial charge in [-0.1, -0.05) is 97.5 Å². The highest BCUT2D eigenvalue weighted by Gasteiger charge is 2.52. The van der Waals surface area contributed by atoms with Gasteiger partial charge in [0.25, 0.3) is 0 Å². The molecule has 10 atom stereocenters. The maximum absolute atomic E-state index is 13.3. The number of carbonyl (C=O) groups is 1. The number of allylic oxidation sites excluding steroid dienone is 1. The van der Waals surface area contributed by atoms with Crippen molar-refractivity contribution in [2.24, 2.45) is 5.92 Å². The van der Waals surface area contributed by atoms with E-state index in [0.717, 1.165) is 45.1 Å². The lowest BCUT2D eigenvalue weighted by Crippen LogP contribution is -2.66. The summed E-state index contributed by atoms with van der Waals surface area (Å²) in [6.07, 6.45) is 14.6. The molecule has 0 saturated carbocycles. The number of rotatable bonds is 23. The second kappa shape index (κ2) is 22.0. The number of alkyl halides is 1. The van der Waals surface area contributed by atoms with Gasteiger partial charge in [-0.25, -0.2) is 0 Å². The average molecular weight is 679 g/mol. The summed E-state index contributed by atoms with van der Waals surface area (Å²) in [6, 6.07) is -1.15. The number of hydrogen-bond donors (Lipinski definition) is 3. The Morgan fingerprint density at radius 1 is 1.02 bits per heavy atom. The van der Waals surface area contributed by atoms with Crippen molar-refractivity contribution in [1.82, 2.24) is 10.2 Å². The molecule has 0 unspecified atom stereocenters. The predicted molar refractivity (Wildman–Crippen MR) is 182 cm³/mol. The van der Waals surface area contributed by atoms with Crippen molar-refractivity contribution in [3.63, 3.8) is 0 Å². The summed E-state index contributed by atoms with van der Waals surface area (Å²) in [6.45, 7) is 10.8. The van der Waals surface area contributed by atoms with Gasteiger partial charge < -0.3 is 25.2 Å². The Bertz CT molecular complexity index is 881. The number of halogens is 1. The molecule has 2 fully saturated rings. The number of likely N-dealkylation sites (N-methyl/N-ethyl adjacent to an activating group) is 1. The molecule has 0 aromatic carbocycles. The van der Waals surface area contributed by atoms with Gasteiger partial charge in [0, 0.05) is 19.2 Å². The first-order valence-corrected chi connectivity index (χ1v) is 19.6. The molecule has 0 spiro atoms. The zero-order chi connectivity index (χ0) is 33.4. The molecule has 2 rings (SSSR count). The van der Waals surface area contributed by atoms with Crippen LogP contribution >= 0.6 is 11.6 Å². The SMILES string of the molecule is C=C(CCCCCCCCCCCCCC)OO[C@@H]1[C@@H](O)[C@@H](O)[C@@H]([C@H](NC(=O)[C@@H]2C[C@@H](CCC)CN2C)[C@H](C)Cl)O[C@@H]1[S@](C)=O. The lowest BCUT2D eigenvalue weighted by Gasteiger charge is -2.44. The number of carbonyl (C=O) groups excluding carboxylic acids is 1. The largest absolute Gasteiger partial charge is 0.388 e. The van der Waals surface area contributed by atoms with E-state index in [4.69, 9.17) is 26.1 Å². The summed E-state index contributed by atoms with van der Waals surface area (Å²) in [7, 11) is 0.312. The number of likely N-dealkylation sites (tertiary alicyclic amines) is 1. The molecule has 0 aromatic heterocycles. The van der Waals surface area contributed by atoms with Crippen LogP contribution in [0.4, 0.5) is 0 Å². The molecule has 2 saturated heterocycles. The van der Waals surface area contributed by atoms with E-state index in [-0.39, 0.29) is 11.9 Å². The number of ether oxygens (including phenoxy) is 1. The van der Waals surface area contributed by atoms with E-state index < -0.39 is 52.1 Å². The van der Waals surface area contributed by atoms with Crippen molar-refractivity contribution in [2.45, 2.75) is 171 Å². The molecular weight excluding hydrogens is 616 g/mol. The Labute approximate surface area is 280 Å². The quantitative estimate of drug-likeness (QED) is 0.0398. The van der Waals surface area contributed by atoms with E-state index in [1.807, 2.05) is 11.9 Å². The first kappa shape index (κ1) is 40.4. The summed E-state index contributed by atoms with van der Waals surface area (Å²) in [5.41, 5.74) is -1.12. The number of aliphatic hydroxyl groups is 2. The number of aliphatic hydroxyl groups excluding tert-OH is 2. The van der Waals surface area contributed by atoms with Crippen molar-refractivity contribution < 1.29 is 33.7 Å². The van der Waals surface area contributed by atoms with Crippen LogP contribution in [0.2, 0.25) is 0 Å². The second-order valence-electron chi connectivity index (χ2n) is 13.3. The van der Waals surface area contributed by atoms with E-state index >= 15 is 0 Å². The molecule has 2 aliphatic rings. The maximum atomic E-state index is 13.3. The van der Waals surface area contributed by atoms with E-state index in [1.54, 1.807) is 6.92 Å². The number of nitrogens with zero attached hydrogens (tertiary/aromatic N) is 1. The molecule has 264 valence electrons. The van der Waals surface area contributed by atoms with Crippen molar-refractivity contribution in [3.8, 4) is 0 Å². The zero-order valence-corrected chi connectivity index (χ0v) is 30.2. The van der Waals surface area contributed by atoms with Gasteiger partial charge in [-0.05, 0) is 39.2 Å². The number of amides is 1. The third kappa shape index (κ3) is 13.7. The Kier molecular flexibility index (Phi) is 19.8. The van der Waals surface area contributed by atoms with Gasteiger partial charge in [0.2, 0.25) is 5.91 Å². The minimum atomic E-state index is -1.62. The molecule has 0 aromatic rings. The molecule has 0 bridgehead atoms. The van der Waals surface area contributed by atoms with E-state index in [9.17, 15) is 19.2 Å². The van der Waals surface area contributed by atoms with Gasteiger partial charge in [0.05, 0.1) is 28.3 Å². The predicted octanol–water partition coefficient (Wildman–Crippen LogP) is 5.97. The van der Waals surface area contributed by atoms with Crippen LogP contribution in [0.5, 0.6) is 0 Å². The molecule has 2 aliphatic heterocycles. The Morgan fingerprint density at radius 3 is 2.13 bits per heavy atom. The lowest BCUT2D eigenvalue weighted by molar-refractivity contribution is -0.350. The lowest BCUT2D eigenvalue weighted by atomic mass is 9.92. The smallest absolute Gasteiger partial charge is 0.237 e. The third-order valence-electron chi connectivity index (χ3n) is 9.29. The molecule has 3 N–H and O–H groups in total. The third-order valence-corrected chi connectivity index (χ3v) is 10.6. The van der Waals surface area contributed by atoms with Gasteiger partial charge >= 0.3 is 0 Å². The molecule has 0 aliphatic carbocycles. The van der Waals surface area contributed by atoms with E-state index in [1.165, 1.54) is 64.0 Å². The fourth-order valence-corrected chi connectivity index (χ4v) is 7.68. The Morgan fingerprint density at radius 2 is 1.60 bits per heavy atom. The van der Waals surface area contributed by atoms with Crippen LogP contribution in [0.3, 0.4) is 0 Å². The summed E-state index contributed by atoms with van der Waals surface area (Å²) in [5, 5.41) is 24.5. The van der Waals surface area contributed by atoms with Crippen molar-refractivity contribution in [1.29, 1.82) is 0 Å². The molecule has 1 amide bonds. The molecule has 2 heterocycles. The number of unbranched alkanes of at least 4 members (excludes halogenated alkanes) is 11. The Hall–Kier alpha value is -0.750. The van der Waals surface area contributed by atoms with Gasteiger partial charge in [-0.2, -0.15) is 4.89 Å². The van der Waals surface area contributed by atoms with Crippen LogP contribution in [0.25, 0.3) is 0 Å². The topological polar surface area (TPSA) is 118 Å². The first-order chi connectivity index (χ1) is 21.5. The number of nitrogens with one attached hydrogen (secondary N) is 1. The summed E-state index contributed by atoms with van der Waals surface area (Å²) >= 11 is 6.50. The maximum Gasteiger partial charge on any atom is 0.237 e. The van der Waals surface area contributed by atoms with Crippen LogP contribution in [0.15, 0.2) is 12.3 Å². The normalized spacial score (nSPS) is 29.3. The van der Waals surface area contributed by atoms with E-state index in [0.29, 0.717) is 18.1 Å². The number of hydrogen-bond acceptors (Lipinski definition) is 8. The summed E-state index contributed by atoms with van der Waals surface area (Å²) in [5.74, 6) is 0.636. The van der Waals surface area contributed by atoms with Crippen LogP contribution in [-0.4, -0.2) is 92.4 Å². The zero-order valence-electron chi connectivity index (χ0n) is 28.6. The first-order valence-electron chi connectivity index (χ1n) is 17.5. The van der Waals surface area contributed by atoms with Gasteiger partial charge in [0.1, 0.15) is 24.1 Å². The molecule has 45 heavy (non-hydrogen) atoms. The average Bonchev–Trinajstić information content (AvgIpc) is 3.37. The molecular formula is C34H63ClN2O7S. The summed E-state index contributed by atoms with van der Waals surface area (Å²) in [4.78, 5) is 26.3. The molecule has 11 heteroatoms. The van der Waals surface area contributed by atoms with E-state index in [2.05, 4.69) is 25.7 Å². The van der Waals surface area contributed by atoms with Crippen LogP contribution in [-0.2, 0) is 30.1 Å². The minimum Gasteiger partial charge on any atom is -0.388 e. The van der Waals surface area contributed by atoms with Crippen molar-refractivity contribution in [3.05, 3.63) is 12.3 Å². The highest BCUT2D eigenvalue weighted by atomic mass is 35.5. The van der Waals surface area contributed by atoms with Crippen molar-refractivity contribution >= 4 is 28.3 Å². The summed E-state index contributed by atoms with van der Waals surface area (Å²) < 4.78 is 18.8.